The molecule has 144 valence electrons. The van der Waals surface area contributed by atoms with Crippen LogP contribution in [0, 0.1) is 5.82 Å². The van der Waals surface area contributed by atoms with Crippen LogP contribution in [-0.2, 0) is 11.2 Å². The quantitative estimate of drug-likeness (QED) is 0.596. The number of amides is 1. The first-order valence-corrected chi connectivity index (χ1v) is 9.52. The maximum Gasteiger partial charge on any atom is 0.279 e. The maximum atomic E-state index is 13.8. The van der Waals surface area contributed by atoms with Crippen LogP contribution in [0.5, 0.6) is 0 Å². The molecule has 1 heterocycles. The lowest BCUT2D eigenvalue weighted by Crippen LogP contribution is -2.87. The molecule has 1 aromatic heterocycles. The molecule has 0 spiro atoms. The van der Waals surface area contributed by atoms with Crippen molar-refractivity contribution >= 4 is 23.2 Å². The fraction of sp³-hybridized carbons (Fsp3) is 0.182. The maximum absolute atomic E-state index is 13.8. The average molecular weight is 399 g/mol. The summed E-state index contributed by atoms with van der Waals surface area (Å²) in [6.07, 6.45) is 2.51. The number of aryl methyl sites for hydroxylation is 1. The molecule has 0 unspecified atom stereocenters. The Morgan fingerprint density at radius 1 is 1.14 bits per heavy atom. The van der Waals surface area contributed by atoms with Gasteiger partial charge in [0.25, 0.3) is 5.91 Å². The molecule has 3 N–H and O–H groups in total. The lowest BCUT2D eigenvalue weighted by Gasteiger charge is -2.17. The predicted molar refractivity (Wildman–Crippen MR) is 109 cm³/mol. The van der Waals surface area contributed by atoms with Gasteiger partial charge in [-0.2, -0.15) is 0 Å². The van der Waals surface area contributed by atoms with Crippen LogP contribution in [0.3, 0.4) is 0 Å². The van der Waals surface area contributed by atoms with Crippen molar-refractivity contribution in [2.45, 2.75) is 19.4 Å². The van der Waals surface area contributed by atoms with Gasteiger partial charge in [0.1, 0.15) is 11.9 Å². The van der Waals surface area contributed by atoms with E-state index in [1.807, 2.05) is 23.5 Å². The molecule has 1 amide bonds. The van der Waals surface area contributed by atoms with Crippen molar-refractivity contribution in [1.82, 2.24) is 4.98 Å². The van der Waals surface area contributed by atoms with Gasteiger partial charge in [0, 0.05) is 17.3 Å². The third-order valence-electron chi connectivity index (χ3n) is 4.53. The highest BCUT2D eigenvalue weighted by atomic mass is 35.5. The van der Waals surface area contributed by atoms with Crippen LogP contribution < -0.4 is 10.6 Å². The number of nitrogens with zero attached hydrogens (tertiary/aromatic N) is 1. The van der Waals surface area contributed by atoms with Gasteiger partial charge in [0.15, 0.2) is 11.7 Å². The fourth-order valence-corrected chi connectivity index (χ4v) is 3.20. The molecule has 0 fully saturated rings. The van der Waals surface area contributed by atoms with Crippen LogP contribution in [0.4, 0.5) is 10.1 Å². The second kappa shape index (κ2) is 9.44. The Balaban J connectivity index is 1.77. The minimum Gasteiger partial charge on any atom is -0.328 e. The molecule has 0 radical (unpaired) electrons. The van der Waals surface area contributed by atoms with Gasteiger partial charge in [-0.25, -0.2) is 9.37 Å². The molecule has 0 aliphatic carbocycles. The van der Waals surface area contributed by atoms with Crippen molar-refractivity contribution in [2.75, 3.05) is 11.9 Å². The van der Waals surface area contributed by atoms with Gasteiger partial charge < -0.3 is 10.6 Å². The highest BCUT2D eigenvalue weighted by molar-refractivity contribution is 6.32. The number of nitrogens with one attached hydrogen (secondary N) is 1. The van der Waals surface area contributed by atoms with E-state index in [1.165, 1.54) is 17.7 Å². The van der Waals surface area contributed by atoms with Gasteiger partial charge in [-0.05, 0) is 36.2 Å². The molecule has 0 aliphatic heterocycles. The Kier molecular flexibility index (Phi) is 6.74. The Bertz CT molecular complexity index is 947. The van der Waals surface area contributed by atoms with Gasteiger partial charge >= 0.3 is 0 Å². The molecule has 0 bridgehead atoms. The number of halogens is 2. The van der Waals surface area contributed by atoms with Gasteiger partial charge in [0.05, 0.1) is 5.69 Å². The number of benzene rings is 2. The monoisotopic (exact) mass is 398 g/mol. The van der Waals surface area contributed by atoms with E-state index < -0.39 is 0 Å². The molecular weight excluding hydrogens is 377 g/mol. The van der Waals surface area contributed by atoms with E-state index in [-0.39, 0.29) is 29.5 Å². The average Bonchev–Trinajstić information content (AvgIpc) is 2.70. The number of hydrogen-bond donors (Lipinski definition) is 2. The van der Waals surface area contributed by atoms with E-state index in [0.29, 0.717) is 5.69 Å². The van der Waals surface area contributed by atoms with Crippen LogP contribution in [0.2, 0.25) is 5.15 Å². The molecule has 0 aliphatic rings. The van der Waals surface area contributed by atoms with E-state index in [2.05, 4.69) is 29.4 Å². The molecule has 6 heteroatoms. The van der Waals surface area contributed by atoms with Crippen molar-refractivity contribution in [3.8, 4) is 0 Å². The minimum atomic E-state index is -0.298. The number of carbonyl (C=O) groups excluding carboxylic acids is 1. The lowest BCUT2D eigenvalue weighted by atomic mass is 9.97. The molecule has 3 rings (SSSR count). The molecule has 0 saturated carbocycles. The predicted octanol–water partition coefficient (Wildman–Crippen LogP) is 3.73. The van der Waals surface area contributed by atoms with Crippen LogP contribution in [-0.4, -0.2) is 17.4 Å². The van der Waals surface area contributed by atoms with E-state index in [0.717, 1.165) is 17.5 Å². The van der Waals surface area contributed by atoms with Crippen molar-refractivity contribution < 1.29 is 14.5 Å². The topological polar surface area (TPSA) is 58.6 Å². The molecule has 4 nitrogen and oxygen atoms in total. The molecular formula is C22H22ClFN3O+. The summed E-state index contributed by atoms with van der Waals surface area (Å²) in [5.74, 6) is -0.505. The summed E-state index contributed by atoms with van der Waals surface area (Å²) < 4.78 is 13.8. The molecule has 2 aromatic carbocycles. The zero-order valence-corrected chi connectivity index (χ0v) is 16.3. The van der Waals surface area contributed by atoms with Crippen molar-refractivity contribution in [3.05, 3.63) is 94.5 Å². The Morgan fingerprint density at radius 2 is 1.93 bits per heavy atom. The minimum absolute atomic E-state index is 0.155. The summed E-state index contributed by atoms with van der Waals surface area (Å²) in [6, 6.07) is 17.9. The lowest BCUT2D eigenvalue weighted by molar-refractivity contribution is -0.676. The molecule has 28 heavy (non-hydrogen) atoms. The third kappa shape index (κ3) is 5.15. The van der Waals surface area contributed by atoms with Crippen LogP contribution in [0.25, 0.3) is 0 Å². The van der Waals surface area contributed by atoms with Gasteiger partial charge in [-0.1, -0.05) is 54.9 Å². The summed E-state index contributed by atoms with van der Waals surface area (Å²) >= 11 is 5.99. The van der Waals surface area contributed by atoms with Crippen LogP contribution in [0.1, 0.15) is 29.7 Å². The smallest absolute Gasteiger partial charge is 0.279 e. The molecule has 3 aromatic rings. The van der Waals surface area contributed by atoms with Gasteiger partial charge in [0.2, 0.25) is 0 Å². The number of hydrogen-bond acceptors (Lipinski definition) is 2. The number of nitrogens with two attached hydrogens (primary N) is 1. The van der Waals surface area contributed by atoms with E-state index in [4.69, 9.17) is 11.6 Å². The Labute approximate surface area is 168 Å². The molecule has 0 saturated heterocycles. The van der Waals surface area contributed by atoms with Crippen molar-refractivity contribution in [3.63, 3.8) is 0 Å². The van der Waals surface area contributed by atoms with Gasteiger partial charge in [-0.3, -0.25) is 4.79 Å². The first-order chi connectivity index (χ1) is 13.6. The highest BCUT2D eigenvalue weighted by Crippen LogP contribution is 2.20. The van der Waals surface area contributed by atoms with Crippen LogP contribution in [0.15, 0.2) is 66.9 Å². The second-order valence-corrected chi connectivity index (χ2v) is 6.82. The first-order valence-electron chi connectivity index (χ1n) is 9.15. The first kappa shape index (κ1) is 20.0. The SMILES string of the molecule is CCc1ccc([C@@H]([NH2+]CC(=O)Nc2cccnc2Cl)c2cccc(F)c2)cc1. The number of carbonyl (C=O) groups is 1. The third-order valence-corrected chi connectivity index (χ3v) is 4.83. The summed E-state index contributed by atoms with van der Waals surface area (Å²) in [5.41, 5.74) is 3.51. The summed E-state index contributed by atoms with van der Waals surface area (Å²) in [4.78, 5) is 16.3. The number of anilines is 1. The van der Waals surface area contributed by atoms with Crippen molar-refractivity contribution in [2.24, 2.45) is 0 Å². The zero-order chi connectivity index (χ0) is 19.9. The fourth-order valence-electron chi connectivity index (χ4n) is 3.03. The summed E-state index contributed by atoms with van der Waals surface area (Å²) in [6.45, 7) is 2.25. The largest absolute Gasteiger partial charge is 0.328 e. The van der Waals surface area contributed by atoms with E-state index >= 15 is 0 Å². The highest BCUT2D eigenvalue weighted by Gasteiger charge is 2.20. The number of aromatic nitrogens is 1. The van der Waals surface area contributed by atoms with Gasteiger partial charge in [-0.15, -0.1) is 0 Å². The number of pyridine rings is 1. The Morgan fingerprint density at radius 3 is 2.61 bits per heavy atom. The van der Waals surface area contributed by atoms with E-state index in [1.54, 1.807) is 24.4 Å². The second-order valence-electron chi connectivity index (χ2n) is 6.46. The van der Waals surface area contributed by atoms with Crippen LogP contribution >= 0.6 is 11.6 Å². The summed E-state index contributed by atoms with van der Waals surface area (Å²) in [7, 11) is 0. The van der Waals surface area contributed by atoms with E-state index in [9.17, 15) is 9.18 Å². The standard InChI is InChI=1S/C22H21ClFN3O/c1-2-15-8-10-16(11-9-15)21(17-5-3-6-18(24)13-17)26-14-20(28)27-19-7-4-12-25-22(19)23/h3-13,21,26H,2,14H2,1H3,(H,27,28)/p+1/t21-/m1/s1. The molecule has 1 atom stereocenters. The van der Waals surface area contributed by atoms with Crippen molar-refractivity contribution in [1.29, 1.82) is 0 Å². The summed E-state index contributed by atoms with van der Waals surface area (Å²) in [5, 5.41) is 4.89. The number of rotatable bonds is 7. The zero-order valence-electron chi connectivity index (χ0n) is 15.5. The number of quaternary nitrogens is 1. The Hall–Kier alpha value is -2.76. The normalized spacial score (nSPS) is 11.8.